The molecule has 21 heavy (non-hydrogen) atoms. The lowest BCUT2D eigenvalue weighted by Gasteiger charge is -2.27. The maximum absolute atomic E-state index is 12.7. The standard InChI is InChI=1S/C14H20N2O4S/c1-16(12(9-15)10-2-3-10)21(17,18)11-4-5-13-14(8-11)20-7-6-19-13/h4-5,8,10,12H,2-3,6-7,9,15H2,1H3. The minimum atomic E-state index is -3.57. The molecule has 1 unspecified atom stereocenters. The molecule has 1 aromatic rings. The van der Waals surface area contributed by atoms with E-state index in [9.17, 15) is 8.42 Å². The van der Waals surface area contributed by atoms with Gasteiger partial charge in [-0.1, -0.05) is 0 Å². The number of hydrogen-bond donors (Lipinski definition) is 1. The molecule has 6 nitrogen and oxygen atoms in total. The van der Waals surface area contributed by atoms with Crippen LogP contribution in [0, 0.1) is 5.92 Å². The number of nitrogens with zero attached hydrogens (tertiary/aromatic N) is 1. The molecule has 3 rings (SSSR count). The Morgan fingerprint density at radius 2 is 1.95 bits per heavy atom. The maximum atomic E-state index is 12.7. The number of fused-ring (bicyclic) bond motifs is 1. The number of rotatable bonds is 5. The molecule has 0 bridgehead atoms. The third kappa shape index (κ3) is 2.73. The highest BCUT2D eigenvalue weighted by Crippen LogP contribution is 2.37. The summed E-state index contributed by atoms with van der Waals surface area (Å²) in [6.07, 6.45) is 2.09. The monoisotopic (exact) mass is 312 g/mol. The molecule has 1 fully saturated rings. The van der Waals surface area contributed by atoms with E-state index in [2.05, 4.69) is 0 Å². The van der Waals surface area contributed by atoms with Crippen LogP contribution in [0.15, 0.2) is 23.1 Å². The summed E-state index contributed by atoms with van der Waals surface area (Å²) in [4.78, 5) is 0.216. The number of ether oxygens (including phenoxy) is 2. The fraction of sp³-hybridized carbons (Fsp3) is 0.571. The zero-order valence-corrected chi connectivity index (χ0v) is 12.8. The van der Waals surface area contributed by atoms with Crippen LogP contribution < -0.4 is 15.2 Å². The quantitative estimate of drug-likeness (QED) is 0.870. The van der Waals surface area contributed by atoms with Crippen LogP contribution in [-0.4, -0.2) is 45.6 Å². The van der Waals surface area contributed by atoms with Gasteiger partial charge in [0, 0.05) is 25.7 Å². The maximum Gasteiger partial charge on any atom is 0.243 e. The Balaban J connectivity index is 1.90. The van der Waals surface area contributed by atoms with Crippen LogP contribution in [0.4, 0.5) is 0 Å². The molecule has 1 aromatic carbocycles. The van der Waals surface area contributed by atoms with Crippen molar-refractivity contribution < 1.29 is 17.9 Å². The Bertz CT molecular complexity index is 628. The molecule has 1 aliphatic carbocycles. The SMILES string of the molecule is CN(C(CN)C1CC1)S(=O)(=O)c1ccc2c(c1)OCCO2. The van der Waals surface area contributed by atoms with Gasteiger partial charge in [-0.2, -0.15) is 4.31 Å². The van der Waals surface area contributed by atoms with E-state index in [1.165, 1.54) is 10.4 Å². The second kappa shape index (κ2) is 5.47. The molecule has 2 aliphatic rings. The van der Waals surface area contributed by atoms with Gasteiger partial charge in [-0.05, 0) is 30.9 Å². The van der Waals surface area contributed by atoms with E-state index in [0.29, 0.717) is 37.2 Å². The molecule has 2 N–H and O–H groups in total. The zero-order valence-electron chi connectivity index (χ0n) is 12.0. The summed E-state index contributed by atoms with van der Waals surface area (Å²) in [7, 11) is -1.97. The summed E-state index contributed by atoms with van der Waals surface area (Å²) in [5.41, 5.74) is 5.75. The molecule has 0 radical (unpaired) electrons. The lowest BCUT2D eigenvalue weighted by atomic mass is 10.2. The molecule has 0 saturated heterocycles. The molecular weight excluding hydrogens is 292 g/mol. The van der Waals surface area contributed by atoms with Crippen LogP contribution in [0.3, 0.4) is 0 Å². The van der Waals surface area contributed by atoms with E-state index in [1.807, 2.05) is 0 Å². The average molecular weight is 312 g/mol. The van der Waals surface area contributed by atoms with Crippen molar-refractivity contribution in [1.82, 2.24) is 4.31 Å². The van der Waals surface area contributed by atoms with Crippen molar-refractivity contribution in [3.8, 4) is 11.5 Å². The van der Waals surface area contributed by atoms with Gasteiger partial charge in [0.05, 0.1) is 4.90 Å². The summed E-state index contributed by atoms with van der Waals surface area (Å²) in [5.74, 6) is 1.44. The molecule has 116 valence electrons. The van der Waals surface area contributed by atoms with E-state index < -0.39 is 10.0 Å². The van der Waals surface area contributed by atoms with Gasteiger partial charge in [0.15, 0.2) is 11.5 Å². The van der Waals surface area contributed by atoms with Crippen LogP contribution >= 0.6 is 0 Å². The minimum Gasteiger partial charge on any atom is -0.486 e. The number of likely N-dealkylation sites (N-methyl/N-ethyl adjacent to an activating group) is 1. The first-order valence-electron chi connectivity index (χ1n) is 7.12. The second-order valence-corrected chi connectivity index (χ2v) is 7.46. The van der Waals surface area contributed by atoms with Gasteiger partial charge in [-0.3, -0.25) is 0 Å². The lowest BCUT2D eigenvalue weighted by Crippen LogP contribution is -2.43. The molecular formula is C14H20N2O4S. The summed E-state index contributed by atoms with van der Waals surface area (Å²) >= 11 is 0. The predicted molar refractivity (Wildman–Crippen MR) is 77.9 cm³/mol. The van der Waals surface area contributed by atoms with Crippen molar-refractivity contribution in [2.45, 2.75) is 23.8 Å². The predicted octanol–water partition coefficient (Wildman–Crippen LogP) is 0.816. The molecule has 0 spiro atoms. The number of benzene rings is 1. The summed E-state index contributed by atoms with van der Waals surface area (Å²) in [6.45, 7) is 1.25. The first-order valence-corrected chi connectivity index (χ1v) is 8.56. The van der Waals surface area contributed by atoms with Crippen molar-refractivity contribution in [1.29, 1.82) is 0 Å². The lowest BCUT2D eigenvalue weighted by molar-refractivity contribution is 0.171. The fourth-order valence-corrected chi connectivity index (χ4v) is 4.09. The van der Waals surface area contributed by atoms with Crippen LogP contribution in [0.25, 0.3) is 0 Å². The van der Waals surface area contributed by atoms with Crippen molar-refractivity contribution in [3.63, 3.8) is 0 Å². The normalized spacial score (nSPS) is 19.6. The van der Waals surface area contributed by atoms with Crippen LogP contribution in [0.1, 0.15) is 12.8 Å². The van der Waals surface area contributed by atoms with Crippen LogP contribution in [0.2, 0.25) is 0 Å². The van der Waals surface area contributed by atoms with Gasteiger partial charge in [-0.15, -0.1) is 0 Å². The molecule has 0 aromatic heterocycles. The van der Waals surface area contributed by atoms with E-state index >= 15 is 0 Å². The Hall–Kier alpha value is -1.31. The molecule has 1 aliphatic heterocycles. The summed E-state index contributed by atoms with van der Waals surface area (Å²) in [6, 6.07) is 4.59. The smallest absolute Gasteiger partial charge is 0.243 e. The van der Waals surface area contributed by atoms with E-state index in [1.54, 1.807) is 19.2 Å². The molecule has 1 saturated carbocycles. The first kappa shape index (κ1) is 14.6. The molecule has 7 heteroatoms. The number of hydrogen-bond acceptors (Lipinski definition) is 5. The van der Waals surface area contributed by atoms with Crippen LogP contribution in [-0.2, 0) is 10.0 Å². The highest BCUT2D eigenvalue weighted by molar-refractivity contribution is 7.89. The van der Waals surface area contributed by atoms with Gasteiger partial charge in [0.25, 0.3) is 0 Å². The van der Waals surface area contributed by atoms with E-state index in [4.69, 9.17) is 15.2 Å². The van der Waals surface area contributed by atoms with Gasteiger partial charge in [0.1, 0.15) is 13.2 Å². The third-order valence-electron chi connectivity index (χ3n) is 4.07. The Morgan fingerprint density at radius 1 is 1.29 bits per heavy atom. The Kier molecular flexibility index (Phi) is 3.81. The number of sulfonamides is 1. The largest absolute Gasteiger partial charge is 0.486 e. The van der Waals surface area contributed by atoms with Gasteiger partial charge < -0.3 is 15.2 Å². The summed E-state index contributed by atoms with van der Waals surface area (Å²) in [5, 5.41) is 0. The second-order valence-electron chi connectivity index (χ2n) is 5.47. The van der Waals surface area contributed by atoms with E-state index in [-0.39, 0.29) is 10.9 Å². The zero-order chi connectivity index (χ0) is 15.0. The number of nitrogens with two attached hydrogens (primary N) is 1. The Morgan fingerprint density at radius 3 is 2.57 bits per heavy atom. The van der Waals surface area contributed by atoms with Gasteiger partial charge in [0.2, 0.25) is 10.0 Å². The Labute approximate surface area is 124 Å². The van der Waals surface area contributed by atoms with Gasteiger partial charge >= 0.3 is 0 Å². The van der Waals surface area contributed by atoms with Crippen LogP contribution in [0.5, 0.6) is 11.5 Å². The topological polar surface area (TPSA) is 81.9 Å². The van der Waals surface area contributed by atoms with E-state index in [0.717, 1.165) is 12.8 Å². The van der Waals surface area contributed by atoms with Crippen molar-refractivity contribution >= 4 is 10.0 Å². The average Bonchev–Trinajstić information content (AvgIpc) is 3.32. The summed E-state index contributed by atoms with van der Waals surface area (Å²) < 4.78 is 37.7. The highest BCUT2D eigenvalue weighted by Gasteiger charge is 2.38. The minimum absolute atomic E-state index is 0.136. The fourth-order valence-electron chi connectivity index (χ4n) is 2.65. The molecule has 1 atom stereocenters. The van der Waals surface area contributed by atoms with Crippen molar-refractivity contribution in [2.75, 3.05) is 26.8 Å². The third-order valence-corrected chi connectivity index (χ3v) is 5.94. The molecule has 1 heterocycles. The van der Waals surface area contributed by atoms with Gasteiger partial charge in [-0.25, -0.2) is 8.42 Å². The van der Waals surface area contributed by atoms with Crippen molar-refractivity contribution in [2.24, 2.45) is 11.7 Å². The van der Waals surface area contributed by atoms with Crippen molar-refractivity contribution in [3.05, 3.63) is 18.2 Å². The highest BCUT2D eigenvalue weighted by atomic mass is 32.2. The first-order chi connectivity index (χ1) is 10.0. The molecule has 0 amide bonds.